The van der Waals surface area contributed by atoms with Crippen LogP contribution in [0.5, 0.6) is 5.75 Å². The van der Waals surface area contributed by atoms with E-state index in [0.717, 1.165) is 37.1 Å². The summed E-state index contributed by atoms with van der Waals surface area (Å²) in [5.41, 5.74) is -0.726. The zero-order chi connectivity index (χ0) is 28.9. The molecular weight excluding hydrogens is 513 g/mol. The molecule has 2 aromatic rings. The number of hydrogen-bond donors (Lipinski definition) is 2. The third-order valence-corrected chi connectivity index (χ3v) is 7.98. The predicted octanol–water partition coefficient (Wildman–Crippen LogP) is 4.63. The van der Waals surface area contributed by atoms with Crippen LogP contribution in [0.3, 0.4) is 0 Å². The molecule has 9 heteroatoms. The van der Waals surface area contributed by atoms with E-state index in [1.165, 1.54) is 12.1 Å². The van der Waals surface area contributed by atoms with Crippen LogP contribution in [0.4, 0.5) is 9.18 Å². The molecule has 0 bridgehead atoms. The number of benzene rings is 2. The van der Waals surface area contributed by atoms with Crippen molar-refractivity contribution in [1.82, 2.24) is 15.1 Å². The summed E-state index contributed by atoms with van der Waals surface area (Å²) in [6.45, 7) is 9.21. The molecule has 0 radical (unpaired) electrons. The first-order valence-corrected chi connectivity index (χ1v) is 14.0. The number of hydrogen-bond acceptors (Lipinski definition) is 5. The number of rotatable bonds is 11. The fourth-order valence-electron chi connectivity index (χ4n) is 5.26. The second-order valence-electron chi connectivity index (χ2n) is 11.9. The van der Waals surface area contributed by atoms with E-state index in [9.17, 15) is 23.9 Å². The molecule has 2 aromatic carbocycles. The fraction of sp³-hybridized carbons (Fsp3) is 0.516. The first-order chi connectivity index (χ1) is 19.0. The van der Waals surface area contributed by atoms with E-state index < -0.39 is 17.0 Å². The molecule has 4 rings (SSSR count). The maximum atomic E-state index is 14.0. The number of halogens is 1. The van der Waals surface area contributed by atoms with Crippen LogP contribution in [0.25, 0.3) is 0 Å². The highest BCUT2D eigenvalue weighted by Gasteiger charge is 2.52. The molecule has 0 aromatic heterocycles. The Hall–Kier alpha value is -3.46. The number of amides is 2. The largest absolute Gasteiger partial charge is 0.494 e. The van der Waals surface area contributed by atoms with Gasteiger partial charge in [-0.1, -0.05) is 32.9 Å². The maximum absolute atomic E-state index is 14.0. The van der Waals surface area contributed by atoms with Crippen LogP contribution in [-0.2, 0) is 11.2 Å². The zero-order valence-electron chi connectivity index (χ0n) is 23.6. The quantitative estimate of drug-likeness (QED) is 0.311. The van der Waals surface area contributed by atoms with Gasteiger partial charge in [0.1, 0.15) is 17.1 Å². The number of carboxylic acid groups (broad SMARTS) is 1. The topological polar surface area (TPSA) is 99.2 Å². The molecule has 1 aliphatic carbocycles. The molecule has 0 spiro atoms. The van der Waals surface area contributed by atoms with Crippen molar-refractivity contribution < 1.29 is 28.6 Å². The lowest BCUT2D eigenvalue weighted by Crippen LogP contribution is -2.68. The molecule has 0 unspecified atom stereocenters. The van der Waals surface area contributed by atoms with E-state index in [-0.39, 0.29) is 29.8 Å². The highest BCUT2D eigenvalue weighted by atomic mass is 19.1. The van der Waals surface area contributed by atoms with E-state index in [0.29, 0.717) is 38.3 Å². The lowest BCUT2D eigenvalue weighted by molar-refractivity contribution is -0.145. The highest BCUT2D eigenvalue weighted by Crippen LogP contribution is 2.36. The van der Waals surface area contributed by atoms with E-state index in [4.69, 9.17) is 4.74 Å². The van der Waals surface area contributed by atoms with Crippen LogP contribution in [0, 0.1) is 17.2 Å². The molecule has 1 saturated heterocycles. The molecule has 2 amide bonds. The van der Waals surface area contributed by atoms with E-state index >= 15 is 0 Å². The number of ketones is 1. The van der Waals surface area contributed by atoms with Crippen LogP contribution >= 0.6 is 0 Å². The van der Waals surface area contributed by atoms with Crippen LogP contribution in [0.2, 0.25) is 0 Å². The van der Waals surface area contributed by atoms with E-state index in [1.54, 1.807) is 17.0 Å². The van der Waals surface area contributed by atoms with Gasteiger partial charge < -0.3 is 20.1 Å². The molecule has 1 heterocycles. The van der Waals surface area contributed by atoms with Crippen LogP contribution < -0.4 is 10.1 Å². The first-order valence-electron chi connectivity index (χ1n) is 14.0. The molecule has 8 nitrogen and oxygen atoms in total. The van der Waals surface area contributed by atoms with Gasteiger partial charge in [-0.3, -0.25) is 14.5 Å². The minimum atomic E-state index is -1.41. The van der Waals surface area contributed by atoms with Crippen molar-refractivity contribution >= 4 is 17.8 Å². The van der Waals surface area contributed by atoms with Gasteiger partial charge in [0.15, 0.2) is 5.78 Å². The average Bonchev–Trinajstić information content (AvgIpc) is 3.77. The van der Waals surface area contributed by atoms with Crippen molar-refractivity contribution in [2.75, 3.05) is 39.3 Å². The van der Waals surface area contributed by atoms with Gasteiger partial charge in [-0.25, -0.2) is 9.18 Å². The second-order valence-corrected chi connectivity index (χ2v) is 11.9. The fourth-order valence-corrected chi connectivity index (χ4v) is 5.26. The standard InChI is InChI=1S/C31H40FN3O5/c1-30(2,3)31(33-29(38)39,21-22-5-11-25(32)12-6-22)28(37)35-18-16-34(17-19-35)15-4-20-40-26-13-9-24(10-14-26)27(36)23-7-8-23/h5-6,9-14,23,33H,4,7-8,15-21H2,1-3H3,(H,38,39)/t31-/m0/s1. The summed E-state index contributed by atoms with van der Waals surface area (Å²) >= 11 is 0. The average molecular weight is 554 g/mol. The summed E-state index contributed by atoms with van der Waals surface area (Å²) in [7, 11) is 0. The van der Waals surface area contributed by atoms with Crippen LogP contribution in [0.15, 0.2) is 48.5 Å². The number of carbonyl (C=O) groups is 3. The number of Topliss-reactive ketones (excluding diaryl/α,β-unsaturated/α-hetero) is 1. The smallest absolute Gasteiger partial charge is 0.405 e. The molecule has 1 atom stereocenters. The number of carbonyl (C=O) groups excluding carboxylic acids is 2. The summed E-state index contributed by atoms with van der Waals surface area (Å²) in [5, 5.41) is 12.3. The van der Waals surface area contributed by atoms with Gasteiger partial charge in [0.05, 0.1) is 6.61 Å². The summed E-state index contributed by atoms with van der Waals surface area (Å²) < 4.78 is 19.4. The lowest BCUT2D eigenvalue weighted by atomic mass is 9.69. The van der Waals surface area contributed by atoms with Crippen molar-refractivity contribution in [3.63, 3.8) is 0 Å². The van der Waals surface area contributed by atoms with Gasteiger partial charge in [0, 0.05) is 50.6 Å². The third kappa shape index (κ3) is 7.18. The predicted molar refractivity (Wildman–Crippen MR) is 150 cm³/mol. The summed E-state index contributed by atoms with van der Waals surface area (Å²) in [6, 6.07) is 13.2. The van der Waals surface area contributed by atoms with E-state index in [2.05, 4.69) is 10.2 Å². The maximum Gasteiger partial charge on any atom is 0.405 e. The molecule has 216 valence electrons. The molecule has 2 fully saturated rings. The van der Waals surface area contributed by atoms with Gasteiger partial charge in [-0.05, 0) is 66.6 Å². The van der Waals surface area contributed by atoms with Crippen LogP contribution in [-0.4, -0.2) is 77.6 Å². The second kappa shape index (κ2) is 12.4. The Labute approximate surface area is 235 Å². The SMILES string of the molecule is CC(C)(C)[C@@](Cc1ccc(F)cc1)(NC(=O)O)C(=O)N1CCN(CCCOc2ccc(C(=O)C3CC3)cc2)CC1. The van der Waals surface area contributed by atoms with Crippen molar-refractivity contribution in [2.24, 2.45) is 11.3 Å². The third-order valence-electron chi connectivity index (χ3n) is 7.98. The Morgan fingerprint density at radius 2 is 1.60 bits per heavy atom. The lowest BCUT2D eigenvalue weighted by Gasteiger charge is -2.47. The Morgan fingerprint density at radius 1 is 0.975 bits per heavy atom. The number of nitrogens with one attached hydrogen (secondary N) is 1. The molecule has 2 N–H and O–H groups in total. The minimum absolute atomic E-state index is 0.120. The van der Waals surface area contributed by atoms with Gasteiger partial charge in [0.25, 0.3) is 0 Å². The van der Waals surface area contributed by atoms with E-state index in [1.807, 2.05) is 45.0 Å². The van der Waals surface area contributed by atoms with Crippen molar-refractivity contribution in [3.05, 3.63) is 65.5 Å². The van der Waals surface area contributed by atoms with Crippen molar-refractivity contribution in [3.8, 4) is 5.75 Å². The summed E-state index contributed by atoms with van der Waals surface area (Å²) in [6.07, 6.45) is 1.65. The molecule has 40 heavy (non-hydrogen) atoms. The highest BCUT2D eigenvalue weighted by molar-refractivity contribution is 5.99. The molecule has 1 aliphatic heterocycles. The van der Waals surface area contributed by atoms with Gasteiger partial charge in [0.2, 0.25) is 5.91 Å². The normalized spacial score (nSPS) is 17.6. The Bertz CT molecular complexity index is 1180. The van der Waals surface area contributed by atoms with Crippen molar-refractivity contribution in [1.29, 1.82) is 0 Å². The number of piperazine rings is 1. The first kappa shape index (κ1) is 29.5. The Morgan fingerprint density at radius 3 is 2.15 bits per heavy atom. The number of nitrogens with zero attached hydrogens (tertiary/aromatic N) is 2. The molecular formula is C31H40FN3O5. The summed E-state index contributed by atoms with van der Waals surface area (Å²) in [5.74, 6) is 0.517. The minimum Gasteiger partial charge on any atom is -0.494 e. The molecule has 1 saturated carbocycles. The van der Waals surface area contributed by atoms with Gasteiger partial charge in [-0.2, -0.15) is 0 Å². The van der Waals surface area contributed by atoms with Crippen LogP contribution in [0.1, 0.15) is 56.0 Å². The zero-order valence-corrected chi connectivity index (χ0v) is 23.6. The summed E-state index contributed by atoms with van der Waals surface area (Å²) in [4.78, 5) is 42.0. The number of ether oxygens (including phenoxy) is 1. The van der Waals surface area contributed by atoms with Crippen molar-refractivity contribution in [2.45, 2.75) is 52.0 Å². The van der Waals surface area contributed by atoms with Gasteiger partial charge in [-0.15, -0.1) is 0 Å². The monoisotopic (exact) mass is 553 g/mol. The Balaban J connectivity index is 1.29. The van der Waals surface area contributed by atoms with Gasteiger partial charge >= 0.3 is 6.09 Å². The Kier molecular flexibility index (Phi) is 9.13. The molecule has 2 aliphatic rings.